The number of hydrogen-bond donors (Lipinski definition) is 1. The molecule has 1 N–H and O–H groups in total. The molecule has 2 saturated carbocycles. The number of nitrogens with one attached hydrogen (secondary N) is 1. The SMILES string of the molecule is C[C@]12CCCC[C@@H]1[C@H]2C(=O)N/N=C\c1ccccc1OCc1ccccc1. The molecular weight excluding hydrogens is 336 g/mol. The van der Waals surface area contributed by atoms with E-state index in [0.717, 1.165) is 23.3 Å². The third-order valence-electron chi connectivity index (χ3n) is 6.15. The van der Waals surface area contributed by atoms with Crippen LogP contribution in [0.1, 0.15) is 43.7 Å². The predicted octanol–water partition coefficient (Wildman–Crippen LogP) is 4.54. The van der Waals surface area contributed by atoms with Crippen LogP contribution in [0.2, 0.25) is 0 Å². The Bertz CT molecular complexity index is 833. The molecule has 0 aliphatic heterocycles. The monoisotopic (exact) mass is 362 g/mol. The first kappa shape index (κ1) is 17.8. The maximum absolute atomic E-state index is 12.5. The van der Waals surface area contributed by atoms with Crippen LogP contribution in [-0.2, 0) is 11.4 Å². The van der Waals surface area contributed by atoms with E-state index in [-0.39, 0.29) is 17.2 Å². The van der Waals surface area contributed by atoms with E-state index in [0.29, 0.717) is 12.5 Å². The molecule has 2 aliphatic rings. The van der Waals surface area contributed by atoms with E-state index in [1.807, 2.05) is 54.6 Å². The van der Waals surface area contributed by atoms with Gasteiger partial charge in [-0.2, -0.15) is 5.10 Å². The Morgan fingerprint density at radius 3 is 2.74 bits per heavy atom. The molecule has 2 aliphatic carbocycles. The summed E-state index contributed by atoms with van der Waals surface area (Å²) in [5, 5.41) is 4.20. The fourth-order valence-corrected chi connectivity index (χ4v) is 4.54. The lowest BCUT2D eigenvalue weighted by atomic mass is 9.90. The highest BCUT2D eigenvalue weighted by Gasteiger charge is 2.64. The Morgan fingerprint density at radius 1 is 1.19 bits per heavy atom. The fourth-order valence-electron chi connectivity index (χ4n) is 4.54. The van der Waals surface area contributed by atoms with Crippen LogP contribution in [0.5, 0.6) is 5.75 Å². The molecule has 0 saturated heterocycles. The number of para-hydroxylation sites is 1. The van der Waals surface area contributed by atoms with Crippen molar-refractivity contribution in [3.8, 4) is 5.75 Å². The molecule has 0 aromatic heterocycles. The Labute approximate surface area is 160 Å². The first-order valence-corrected chi connectivity index (χ1v) is 9.77. The number of carbonyl (C=O) groups excluding carboxylic acids is 1. The second kappa shape index (κ2) is 7.55. The third kappa shape index (κ3) is 3.75. The highest BCUT2D eigenvalue weighted by Crippen LogP contribution is 2.66. The van der Waals surface area contributed by atoms with Gasteiger partial charge in [0.25, 0.3) is 0 Å². The van der Waals surface area contributed by atoms with Gasteiger partial charge < -0.3 is 4.74 Å². The maximum atomic E-state index is 12.5. The zero-order valence-electron chi connectivity index (χ0n) is 15.7. The van der Waals surface area contributed by atoms with Crippen LogP contribution >= 0.6 is 0 Å². The van der Waals surface area contributed by atoms with Crippen molar-refractivity contribution in [2.24, 2.45) is 22.4 Å². The molecule has 140 valence electrons. The van der Waals surface area contributed by atoms with E-state index in [4.69, 9.17) is 4.74 Å². The molecule has 2 aromatic rings. The molecule has 0 spiro atoms. The van der Waals surface area contributed by atoms with E-state index in [1.165, 1.54) is 19.3 Å². The van der Waals surface area contributed by atoms with Crippen LogP contribution in [0.15, 0.2) is 59.7 Å². The van der Waals surface area contributed by atoms with Crippen molar-refractivity contribution in [2.75, 3.05) is 0 Å². The smallest absolute Gasteiger partial charge is 0.244 e. The fraction of sp³-hybridized carbons (Fsp3) is 0.391. The van der Waals surface area contributed by atoms with Gasteiger partial charge in [0.2, 0.25) is 5.91 Å². The van der Waals surface area contributed by atoms with Crippen LogP contribution in [0.25, 0.3) is 0 Å². The zero-order valence-corrected chi connectivity index (χ0v) is 15.7. The highest BCUT2D eigenvalue weighted by molar-refractivity contribution is 5.87. The number of nitrogens with zero attached hydrogens (tertiary/aromatic N) is 1. The van der Waals surface area contributed by atoms with Gasteiger partial charge in [-0.15, -0.1) is 0 Å². The molecule has 1 amide bonds. The Morgan fingerprint density at radius 2 is 1.96 bits per heavy atom. The standard InChI is InChI=1S/C23H26N2O2/c1-23-14-8-7-12-19(23)21(23)22(26)25-24-15-18-11-5-6-13-20(18)27-16-17-9-3-2-4-10-17/h2-6,9-11,13,15,19,21H,7-8,12,14,16H2,1H3,(H,25,26)/b24-15-/t19-,21+,23+/m1/s1. The summed E-state index contributed by atoms with van der Waals surface area (Å²) in [6, 6.07) is 17.8. The van der Waals surface area contributed by atoms with E-state index in [2.05, 4.69) is 17.5 Å². The summed E-state index contributed by atoms with van der Waals surface area (Å²) in [6.45, 7) is 2.75. The Hall–Kier alpha value is -2.62. The van der Waals surface area contributed by atoms with Crippen molar-refractivity contribution in [3.05, 3.63) is 65.7 Å². The third-order valence-corrected chi connectivity index (χ3v) is 6.15. The lowest BCUT2D eigenvalue weighted by Crippen LogP contribution is -2.22. The van der Waals surface area contributed by atoms with E-state index < -0.39 is 0 Å². The summed E-state index contributed by atoms with van der Waals surface area (Å²) in [4.78, 5) is 12.5. The quantitative estimate of drug-likeness (QED) is 0.606. The topological polar surface area (TPSA) is 50.7 Å². The normalized spacial score (nSPS) is 26.4. The van der Waals surface area contributed by atoms with Crippen molar-refractivity contribution >= 4 is 12.1 Å². The average molecular weight is 362 g/mol. The summed E-state index contributed by atoms with van der Waals surface area (Å²) in [5.41, 5.74) is 4.92. The number of amides is 1. The van der Waals surface area contributed by atoms with Gasteiger partial charge in [-0.25, -0.2) is 5.43 Å². The van der Waals surface area contributed by atoms with Crippen molar-refractivity contribution in [1.29, 1.82) is 0 Å². The number of rotatable bonds is 6. The van der Waals surface area contributed by atoms with Crippen molar-refractivity contribution in [3.63, 3.8) is 0 Å². The molecule has 0 unspecified atom stereocenters. The zero-order chi connectivity index (χ0) is 18.7. The summed E-state index contributed by atoms with van der Waals surface area (Å²) in [5.74, 6) is 1.49. The van der Waals surface area contributed by atoms with Crippen LogP contribution < -0.4 is 10.2 Å². The van der Waals surface area contributed by atoms with Gasteiger partial charge in [-0.1, -0.05) is 62.2 Å². The van der Waals surface area contributed by atoms with Gasteiger partial charge in [-0.05, 0) is 41.9 Å². The number of carbonyl (C=O) groups is 1. The molecule has 4 nitrogen and oxygen atoms in total. The highest BCUT2D eigenvalue weighted by atomic mass is 16.5. The number of hydrogen-bond acceptors (Lipinski definition) is 3. The summed E-state index contributed by atoms with van der Waals surface area (Å²) in [6.07, 6.45) is 6.50. The summed E-state index contributed by atoms with van der Waals surface area (Å²) >= 11 is 0. The van der Waals surface area contributed by atoms with Crippen LogP contribution in [0, 0.1) is 17.3 Å². The minimum atomic E-state index is 0.0586. The molecule has 0 heterocycles. The lowest BCUT2D eigenvalue weighted by molar-refractivity contribution is -0.123. The lowest BCUT2D eigenvalue weighted by Gasteiger charge is -2.15. The molecular formula is C23H26N2O2. The molecule has 2 fully saturated rings. The number of hydrazone groups is 1. The van der Waals surface area contributed by atoms with E-state index >= 15 is 0 Å². The minimum absolute atomic E-state index is 0.0586. The predicted molar refractivity (Wildman–Crippen MR) is 107 cm³/mol. The summed E-state index contributed by atoms with van der Waals surface area (Å²) < 4.78 is 5.93. The second-order valence-electron chi connectivity index (χ2n) is 7.88. The number of benzene rings is 2. The Kier molecular flexibility index (Phi) is 4.97. The number of ether oxygens (including phenoxy) is 1. The van der Waals surface area contributed by atoms with Gasteiger partial charge in [0, 0.05) is 11.5 Å². The van der Waals surface area contributed by atoms with Gasteiger partial charge >= 0.3 is 0 Å². The molecule has 4 rings (SSSR count). The van der Waals surface area contributed by atoms with Crippen molar-refractivity contribution in [1.82, 2.24) is 5.43 Å². The van der Waals surface area contributed by atoms with Crippen molar-refractivity contribution in [2.45, 2.75) is 39.2 Å². The molecule has 4 heteroatoms. The largest absolute Gasteiger partial charge is 0.488 e. The number of fused-ring (bicyclic) bond motifs is 1. The molecule has 0 radical (unpaired) electrons. The van der Waals surface area contributed by atoms with Crippen LogP contribution in [-0.4, -0.2) is 12.1 Å². The van der Waals surface area contributed by atoms with Crippen molar-refractivity contribution < 1.29 is 9.53 Å². The first-order chi connectivity index (χ1) is 13.2. The molecule has 0 bridgehead atoms. The maximum Gasteiger partial charge on any atom is 0.244 e. The van der Waals surface area contributed by atoms with Crippen LogP contribution in [0.4, 0.5) is 0 Å². The summed E-state index contributed by atoms with van der Waals surface area (Å²) in [7, 11) is 0. The second-order valence-corrected chi connectivity index (χ2v) is 7.88. The van der Waals surface area contributed by atoms with Gasteiger partial charge in [0.05, 0.1) is 6.21 Å². The van der Waals surface area contributed by atoms with Gasteiger partial charge in [-0.3, -0.25) is 4.79 Å². The Balaban J connectivity index is 1.36. The average Bonchev–Trinajstić information content (AvgIpc) is 3.33. The van der Waals surface area contributed by atoms with E-state index in [1.54, 1.807) is 6.21 Å². The first-order valence-electron chi connectivity index (χ1n) is 9.77. The molecule has 2 aromatic carbocycles. The van der Waals surface area contributed by atoms with Gasteiger partial charge in [0.1, 0.15) is 12.4 Å². The van der Waals surface area contributed by atoms with Crippen LogP contribution in [0.3, 0.4) is 0 Å². The minimum Gasteiger partial charge on any atom is -0.488 e. The van der Waals surface area contributed by atoms with E-state index in [9.17, 15) is 4.79 Å². The van der Waals surface area contributed by atoms with Gasteiger partial charge in [0.15, 0.2) is 0 Å². The molecule has 3 atom stereocenters. The molecule has 27 heavy (non-hydrogen) atoms.